The first-order chi connectivity index (χ1) is 14.5. The van der Waals surface area contributed by atoms with Gasteiger partial charge in [0, 0.05) is 11.6 Å². The molecule has 8 nitrogen and oxygen atoms in total. The molecule has 2 fully saturated rings. The van der Waals surface area contributed by atoms with Gasteiger partial charge in [0.1, 0.15) is 6.54 Å². The zero-order valence-electron chi connectivity index (χ0n) is 15.8. The lowest BCUT2D eigenvalue weighted by Gasteiger charge is -2.26. The van der Waals surface area contributed by atoms with E-state index in [4.69, 9.17) is 10.6 Å². The van der Waals surface area contributed by atoms with Gasteiger partial charge in [0.2, 0.25) is 11.8 Å². The summed E-state index contributed by atoms with van der Waals surface area (Å²) >= 11 is 0. The summed E-state index contributed by atoms with van der Waals surface area (Å²) in [7, 11) is 0. The van der Waals surface area contributed by atoms with Gasteiger partial charge >= 0.3 is 0 Å². The molecule has 30 heavy (non-hydrogen) atoms. The Morgan fingerprint density at radius 3 is 2.53 bits per heavy atom. The predicted octanol–water partition coefficient (Wildman–Crippen LogP) is 1.57. The van der Waals surface area contributed by atoms with Gasteiger partial charge in [-0.25, -0.2) is 4.90 Å². The highest BCUT2D eigenvalue weighted by Gasteiger charge is 2.60. The quantitative estimate of drug-likeness (QED) is 0.664. The van der Waals surface area contributed by atoms with Crippen molar-refractivity contribution in [3.8, 4) is 0 Å². The summed E-state index contributed by atoms with van der Waals surface area (Å²) < 4.78 is 0. The number of benzene rings is 2. The molecule has 0 aliphatic carbocycles. The normalized spacial score (nSPS) is 23.9. The van der Waals surface area contributed by atoms with Crippen LogP contribution in [0.1, 0.15) is 11.6 Å². The van der Waals surface area contributed by atoms with Crippen molar-refractivity contribution in [1.29, 1.82) is 0 Å². The van der Waals surface area contributed by atoms with E-state index in [-0.39, 0.29) is 12.5 Å². The predicted molar refractivity (Wildman–Crippen MR) is 108 cm³/mol. The molecule has 3 atom stereocenters. The molecule has 5 rings (SSSR count). The highest BCUT2D eigenvalue weighted by atomic mass is 16.7. The summed E-state index contributed by atoms with van der Waals surface area (Å²) in [6.45, 7) is -0.240. The van der Waals surface area contributed by atoms with Crippen LogP contribution in [0.4, 0.5) is 5.69 Å². The molecule has 3 unspecified atom stereocenters. The second kappa shape index (κ2) is 7.01. The summed E-state index contributed by atoms with van der Waals surface area (Å²) in [6, 6.07) is 17.5. The number of amides is 3. The SMILES string of the molecule is NC(=O)CN1OC2C(=O)N(c3ccccc3)C(=O)C2C1c1cnc2ccccc2c1. The van der Waals surface area contributed by atoms with Crippen LogP contribution in [0, 0.1) is 5.92 Å². The number of imide groups is 1. The Balaban J connectivity index is 1.58. The number of fused-ring (bicyclic) bond motifs is 2. The van der Waals surface area contributed by atoms with E-state index < -0.39 is 29.9 Å². The molecule has 1 aromatic heterocycles. The molecule has 2 N–H and O–H groups in total. The highest BCUT2D eigenvalue weighted by molar-refractivity contribution is 6.23. The van der Waals surface area contributed by atoms with Gasteiger partial charge in [0.25, 0.3) is 5.91 Å². The van der Waals surface area contributed by atoms with E-state index in [1.165, 1.54) is 5.06 Å². The van der Waals surface area contributed by atoms with E-state index >= 15 is 0 Å². The summed E-state index contributed by atoms with van der Waals surface area (Å²) in [5.41, 5.74) is 7.36. The Kier molecular flexibility index (Phi) is 4.30. The molecule has 3 aromatic rings. The Bertz CT molecular complexity index is 1170. The zero-order chi connectivity index (χ0) is 20.8. The third kappa shape index (κ3) is 2.85. The lowest BCUT2D eigenvalue weighted by Crippen LogP contribution is -2.40. The number of hydrogen-bond acceptors (Lipinski definition) is 6. The number of carbonyl (C=O) groups excluding carboxylic acids is 3. The van der Waals surface area contributed by atoms with Gasteiger partial charge in [0.15, 0.2) is 6.10 Å². The van der Waals surface area contributed by atoms with Crippen LogP contribution in [-0.4, -0.2) is 40.4 Å². The van der Waals surface area contributed by atoms with Crippen molar-refractivity contribution in [2.75, 3.05) is 11.4 Å². The fraction of sp³-hybridized carbons (Fsp3) is 0.182. The summed E-state index contributed by atoms with van der Waals surface area (Å²) in [4.78, 5) is 49.4. The van der Waals surface area contributed by atoms with Crippen LogP contribution in [0.15, 0.2) is 66.9 Å². The van der Waals surface area contributed by atoms with Crippen molar-refractivity contribution in [2.45, 2.75) is 12.1 Å². The molecular weight excluding hydrogens is 384 g/mol. The van der Waals surface area contributed by atoms with Crippen LogP contribution in [-0.2, 0) is 19.2 Å². The Morgan fingerprint density at radius 2 is 1.77 bits per heavy atom. The van der Waals surface area contributed by atoms with E-state index in [1.807, 2.05) is 36.4 Å². The molecule has 0 radical (unpaired) electrons. The van der Waals surface area contributed by atoms with Crippen molar-refractivity contribution in [1.82, 2.24) is 10.0 Å². The number of rotatable bonds is 4. The zero-order valence-corrected chi connectivity index (χ0v) is 15.8. The third-order valence-electron chi connectivity index (χ3n) is 5.47. The molecular formula is C22H18N4O4. The molecule has 150 valence electrons. The minimum atomic E-state index is -1.02. The number of pyridine rings is 1. The lowest BCUT2D eigenvalue weighted by atomic mass is 9.91. The molecule has 0 bridgehead atoms. The van der Waals surface area contributed by atoms with Crippen LogP contribution in [0.25, 0.3) is 10.9 Å². The molecule has 8 heteroatoms. The topological polar surface area (TPSA) is 106 Å². The summed E-state index contributed by atoms with van der Waals surface area (Å²) in [5.74, 6) is -2.25. The highest BCUT2D eigenvalue weighted by Crippen LogP contribution is 2.45. The average Bonchev–Trinajstić information content (AvgIpc) is 3.23. The van der Waals surface area contributed by atoms with Gasteiger partial charge in [-0.15, -0.1) is 0 Å². The number of nitrogens with zero attached hydrogens (tertiary/aromatic N) is 3. The fourth-order valence-electron chi connectivity index (χ4n) is 4.21. The summed E-state index contributed by atoms with van der Waals surface area (Å²) in [6.07, 6.45) is 0.629. The first kappa shape index (κ1) is 18.4. The van der Waals surface area contributed by atoms with Crippen LogP contribution >= 0.6 is 0 Å². The van der Waals surface area contributed by atoms with Crippen molar-refractivity contribution in [3.63, 3.8) is 0 Å². The van der Waals surface area contributed by atoms with Crippen molar-refractivity contribution >= 4 is 34.3 Å². The van der Waals surface area contributed by atoms with E-state index in [2.05, 4.69) is 4.98 Å². The molecule has 0 spiro atoms. The minimum Gasteiger partial charge on any atom is -0.368 e. The number of nitrogens with two attached hydrogens (primary N) is 1. The number of hydroxylamine groups is 2. The number of primary amides is 1. The number of hydrogen-bond donors (Lipinski definition) is 1. The Hall–Kier alpha value is -3.62. The number of para-hydroxylation sites is 2. The van der Waals surface area contributed by atoms with Crippen molar-refractivity contribution in [2.24, 2.45) is 11.7 Å². The maximum Gasteiger partial charge on any atom is 0.265 e. The van der Waals surface area contributed by atoms with E-state index in [0.29, 0.717) is 11.3 Å². The van der Waals surface area contributed by atoms with Gasteiger partial charge in [0.05, 0.1) is 23.2 Å². The van der Waals surface area contributed by atoms with Crippen LogP contribution < -0.4 is 10.6 Å². The molecule has 3 heterocycles. The Morgan fingerprint density at radius 1 is 1.03 bits per heavy atom. The molecule has 0 saturated carbocycles. The second-order valence-electron chi connectivity index (χ2n) is 7.35. The fourth-order valence-corrected chi connectivity index (χ4v) is 4.21. The smallest absolute Gasteiger partial charge is 0.265 e. The molecule has 2 aromatic carbocycles. The van der Waals surface area contributed by atoms with Crippen LogP contribution in [0.3, 0.4) is 0 Å². The van der Waals surface area contributed by atoms with Gasteiger partial charge in [-0.05, 0) is 29.8 Å². The van der Waals surface area contributed by atoms with Crippen LogP contribution in [0.2, 0.25) is 0 Å². The van der Waals surface area contributed by atoms with Gasteiger partial charge in [-0.1, -0.05) is 36.4 Å². The molecule has 3 amide bonds. The van der Waals surface area contributed by atoms with Gasteiger partial charge in [-0.3, -0.25) is 24.2 Å². The van der Waals surface area contributed by atoms with Crippen LogP contribution in [0.5, 0.6) is 0 Å². The average molecular weight is 402 g/mol. The number of anilines is 1. The first-order valence-corrected chi connectivity index (χ1v) is 9.54. The monoisotopic (exact) mass is 402 g/mol. The second-order valence-corrected chi connectivity index (χ2v) is 7.35. The first-order valence-electron chi connectivity index (χ1n) is 9.54. The van der Waals surface area contributed by atoms with Crippen molar-refractivity contribution in [3.05, 3.63) is 72.4 Å². The maximum absolute atomic E-state index is 13.3. The largest absolute Gasteiger partial charge is 0.368 e. The minimum absolute atomic E-state index is 0.240. The number of carbonyl (C=O) groups is 3. The third-order valence-corrected chi connectivity index (χ3v) is 5.47. The number of aromatic nitrogens is 1. The standard InChI is InChI=1S/C22H18N4O4/c23-17(27)12-25-19(14-10-13-6-4-5-9-16(13)24-11-14)18-20(30-25)22(29)26(21(18)28)15-7-2-1-3-8-15/h1-11,18-20H,12H2,(H2,23,27). The van der Waals surface area contributed by atoms with E-state index in [1.54, 1.807) is 30.5 Å². The van der Waals surface area contributed by atoms with Gasteiger partial charge in [-0.2, -0.15) is 5.06 Å². The molecule has 2 saturated heterocycles. The van der Waals surface area contributed by atoms with Gasteiger partial charge < -0.3 is 5.73 Å². The molecule has 2 aliphatic heterocycles. The Labute approximate surface area is 171 Å². The van der Waals surface area contributed by atoms with E-state index in [0.717, 1.165) is 15.8 Å². The van der Waals surface area contributed by atoms with Crippen molar-refractivity contribution < 1.29 is 19.2 Å². The lowest BCUT2D eigenvalue weighted by molar-refractivity contribution is -0.175. The maximum atomic E-state index is 13.3. The van der Waals surface area contributed by atoms with E-state index in [9.17, 15) is 14.4 Å². The molecule has 2 aliphatic rings. The summed E-state index contributed by atoms with van der Waals surface area (Å²) in [5, 5.41) is 2.22.